The molecule has 86 heavy (non-hydrogen) atoms. The molecular formula is C65H116Na2O17P2. The average molecular weight is 1280 g/mol. The van der Waals surface area contributed by atoms with Gasteiger partial charge in [0.1, 0.15) is 19.3 Å². The summed E-state index contributed by atoms with van der Waals surface area (Å²) in [5.41, 5.74) is 0. The molecule has 0 heterocycles. The molecule has 2 unspecified atom stereocenters. The van der Waals surface area contributed by atoms with Gasteiger partial charge in [-0.1, -0.05) is 205 Å². The zero-order valence-electron chi connectivity index (χ0n) is 54.8. The molecule has 0 rings (SSSR count). The van der Waals surface area contributed by atoms with Gasteiger partial charge in [0.25, 0.3) is 15.6 Å². The van der Waals surface area contributed by atoms with Gasteiger partial charge in [-0.25, -0.2) is 0 Å². The van der Waals surface area contributed by atoms with Crippen molar-refractivity contribution in [2.75, 3.05) is 39.6 Å². The third-order valence-electron chi connectivity index (χ3n) is 13.7. The Bertz CT molecular complexity index is 1690. The third-order valence-corrected chi connectivity index (χ3v) is 15.6. The van der Waals surface area contributed by atoms with Crippen molar-refractivity contribution < 1.29 is 139 Å². The van der Waals surface area contributed by atoms with Gasteiger partial charge in [0.05, 0.1) is 26.4 Å². The number of rotatable bonds is 62. The molecule has 0 aromatic rings. The Balaban J connectivity index is -0.0000344. The van der Waals surface area contributed by atoms with Crippen molar-refractivity contribution in [1.82, 2.24) is 0 Å². The standard InChI is InChI=1S/C65H118O17P2.2Na/c1-5-9-13-17-21-25-29-33-37-41-45-49-62(67)75-55-60(81-64(69)51-47-43-39-35-31-27-23-19-15-11-7-3)57-79-83(71,72)77-53-59(66)54-78-84(73,74)80-58-61(82-65(70)52-48-44-40-36-32-28-24-20-16-12-8-4)56-76-63(68)50-46-42-38-34-30-26-22-18-14-10-6-2;;/h17-24,59-61,66H,5-16,25-58H2,1-4H3,(H,71,72)(H,73,74);;/q;2*+1/p-2/b21-17+,22-18+,23-19+,24-20+;;/t60-,61-;;/m1../s1. The van der Waals surface area contributed by atoms with Crippen molar-refractivity contribution in [2.24, 2.45) is 0 Å². The van der Waals surface area contributed by atoms with Gasteiger partial charge in [0.2, 0.25) is 0 Å². The zero-order chi connectivity index (χ0) is 61.9. The van der Waals surface area contributed by atoms with E-state index in [1.165, 1.54) is 51.4 Å². The topological polar surface area (TPSA) is 243 Å². The molecule has 0 radical (unpaired) electrons. The molecule has 4 atom stereocenters. The van der Waals surface area contributed by atoms with Gasteiger partial charge in [-0.2, -0.15) is 0 Å². The van der Waals surface area contributed by atoms with Crippen molar-refractivity contribution >= 4 is 39.5 Å². The minimum Gasteiger partial charge on any atom is -0.756 e. The Morgan fingerprint density at radius 2 is 0.558 bits per heavy atom. The van der Waals surface area contributed by atoms with Gasteiger partial charge in [0, 0.05) is 25.7 Å². The number of aliphatic hydroxyl groups excluding tert-OH is 1. The normalized spacial score (nSPS) is 14.2. The van der Waals surface area contributed by atoms with Crippen LogP contribution in [0, 0.1) is 0 Å². The summed E-state index contributed by atoms with van der Waals surface area (Å²) in [7, 11) is -10.4. The summed E-state index contributed by atoms with van der Waals surface area (Å²) < 4.78 is 67.0. The van der Waals surface area contributed by atoms with Gasteiger partial charge in [-0.15, -0.1) is 0 Å². The maximum absolute atomic E-state index is 12.9. The smallest absolute Gasteiger partial charge is 0.756 e. The largest absolute Gasteiger partial charge is 1.00 e. The summed E-state index contributed by atoms with van der Waals surface area (Å²) in [4.78, 5) is 76.7. The Morgan fingerprint density at radius 1 is 0.337 bits per heavy atom. The summed E-state index contributed by atoms with van der Waals surface area (Å²) in [6, 6.07) is 0. The van der Waals surface area contributed by atoms with E-state index in [0.717, 1.165) is 154 Å². The second-order valence-electron chi connectivity index (χ2n) is 22.0. The van der Waals surface area contributed by atoms with Crippen LogP contribution in [0.25, 0.3) is 0 Å². The van der Waals surface area contributed by atoms with Crippen LogP contribution in [0.2, 0.25) is 0 Å². The second kappa shape index (κ2) is 65.5. The van der Waals surface area contributed by atoms with Crippen LogP contribution in [-0.4, -0.2) is 86.9 Å². The molecule has 0 spiro atoms. The number of esters is 4. The minimum absolute atomic E-state index is 0. The average Bonchev–Trinajstić information content (AvgIpc) is 3.69. The first-order chi connectivity index (χ1) is 40.7. The van der Waals surface area contributed by atoms with Crippen molar-refractivity contribution in [1.29, 1.82) is 0 Å². The number of carbonyl (C=O) groups excluding carboxylic acids is 4. The SMILES string of the molecule is CCCC/C=C/CCCCCCCC(=O)OC[C@H](COP(=O)([O-])OCC(O)COP(=O)([O-])OC[C@@H](COC(=O)CCCCCCC/C=C/CCCC)OC(=O)CCCCCCC/C=C/CCCC)OC(=O)CCCCCCC/C=C/CCCC.[Na+].[Na+]. The zero-order valence-corrected chi connectivity index (χ0v) is 60.5. The van der Waals surface area contributed by atoms with Crippen LogP contribution in [0.4, 0.5) is 0 Å². The number of hydrogen-bond acceptors (Lipinski definition) is 17. The van der Waals surface area contributed by atoms with E-state index < -0.39 is 97.5 Å². The van der Waals surface area contributed by atoms with E-state index in [9.17, 15) is 43.2 Å². The molecule has 0 aromatic carbocycles. The van der Waals surface area contributed by atoms with Crippen LogP contribution in [0.5, 0.6) is 0 Å². The maximum atomic E-state index is 12.9. The van der Waals surface area contributed by atoms with Crippen LogP contribution in [-0.2, 0) is 65.4 Å². The molecule has 0 saturated carbocycles. The van der Waals surface area contributed by atoms with E-state index in [1.807, 2.05) is 0 Å². The van der Waals surface area contributed by atoms with Crippen molar-refractivity contribution in [2.45, 2.75) is 303 Å². The van der Waals surface area contributed by atoms with Crippen LogP contribution in [0.15, 0.2) is 48.6 Å². The quantitative estimate of drug-likeness (QED) is 0.0149. The second-order valence-corrected chi connectivity index (χ2v) is 24.8. The van der Waals surface area contributed by atoms with Gasteiger partial charge >= 0.3 is 83.0 Å². The Kier molecular flexibility index (Phi) is 68.0. The number of unbranched alkanes of at least 4 members (excludes halogenated alkanes) is 28. The van der Waals surface area contributed by atoms with E-state index in [4.69, 9.17) is 37.0 Å². The van der Waals surface area contributed by atoms with Gasteiger partial charge in [-0.3, -0.25) is 28.3 Å². The number of allylic oxidation sites excluding steroid dienone is 8. The molecular weight excluding hydrogens is 1160 g/mol. The molecule has 0 aliphatic heterocycles. The number of phosphoric acid groups is 2. The monoisotopic (exact) mass is 1280 g/mol. The van der Waals surface area contributed by atoms with Crippen molar-refractivity contribution in [3.05, 3.63) is 48.6 Å². The molecule has 0 aliphatic carbocycles. The van der Waals surface area contributed by atoms with Crippen LogP contribution in [0.1, 0.15) is 285 Å². The summed E-state index contributed by atoms with van der Waals surface area (Å²) in [6.07, 6.45) is 49.5. The maximum Gasteiger partial charge on any atom is 1.00 e. The molecule has 17 nitrogen and oxygen atoms in total. The predicted octanol–water partition coefficient (Wildman–Crippen LogP) is 10.2. The number of carbonyl (C=O) groups is 4. The molecule has 0 amide bonds. The fourth-order valence-electron chi connectivity index (χ4n) is 8.54. The summed E-state index contributed by atoms with van der Waals surface area (Å²) in [5.74, 6) is -2.30. The van der Waals surface area contributed by atoms with E-state index >= 15 is 0 Å². The summed E-state index contributed by atoms with van der Waals surface area (Å²) in [6.45, 7) is 4.25. The van der Waals surface area contributed by atoms with E-state index in [1.54, 1.807) is 0 Å². The molecule has 21 heteroatoms. The van der Waals surface area contributed by atoms with Crippen molar-refractivity contribution in [3.63, 3.8) is 0 Å². The molecule has 1 N–H and O–H groups in total. The van der Waals surface area contributed by atoms with Gasteiger partial charge in [0.15, 0.2) is 12.2 Å². The number of aliphatic hydroxyl groups is 1. The minimum atomic E-state index is -5.22. The molecule has 490 valence electrons. The van der Waals surface area contributed by atoms with Crippen molar-refractivity contribution in [3.8, 4) is 0 Å². The molecule has 0 aliphatic rings. The van der Waals surface area contributed by atoms with E-state index in [-0.39, 0.29) is 84.8 Å². The first-order valence-electron chi connectivity index (χ1n) is 32.8. The fraction of sp³-hybridized carbons (Fsp3) is 0.815. The van der Waals surface area contributed by atoms with E-state index in [0.29, 0.717) is 25.7 Å². The number of hydrogen-bond donors (Lipinski definition) is 1. The van der Waals surface area contributed by atoms with E-state index in [2.05, 4.69) is 76.3 Å². The predicted molar refractivity (Wildman–Crippen MR) is 331 cm³/mol. The first kappa shape index (κ1) is 89.2. The molecule has 0 aromatic heterocycles. The molecule has 0 bridgehead atoms. The first-order valence-corrected chi connectivity index (χ1v) is 35.8. The van der Waals surface area contributed by atoms with Gasteiger partial charge in [-0.05, 0) is 103 Å². The Labute approximate surface area is 565 Å². The van der Waals surface area contributed by atoms with Gasteiger partial charge < -0.3 is 51.9 Å². The summed E-state index contributed by atoms with van der Waals surface area (Å²) >= 11 is 0. The van der Waals surface area contributed by atoms with Crippen LogP contribution >= 0.6 is 15.6 Å². The third kappa shape index (κ3) is 64.5. The Hall–Kier alpha value is -0.980. The molecule has 0 saturated heterocycles. The number of ether oxygens (including phenoxy) is 4. The number of phosphoric ester groups is 2. The Morgan fingerprint density at radius 3 is 0.826 bits per heavy atom. The fourth-order valence-corrected chi connectivity index (χ4v) is 10.1. The van der Waals surface area contributed by atoms with Crippen LogP contribution in [0.3, 0.4) is 0 Å². The van der Waals surface area contributed by atoms with Crippen LogP contribution < -0.4 is 68.9 Å². The summed E-state index contributed by atoms with van der Waals surface area (Å²) in [5, 5.41) is 10.5. The molecule has 0 fully saturated rings.